The van der Waals surface area contributed by atoms with Gasteiger partial charge in [-0.25, -0.2) is 0 Å². The molecule has 2 N–H and O–H groups in total. The lowest BCUT2D eigenvalue weighted by Gasteiger charge is -2.52. The number of aliphatic hydroxyl groups is 1. The van der Waals surface area contributed by atoms with E-state index in [9.17, 15) is 10.2 Å². The Labute approximate surface area is 139 Å². The minimum atomic E-state index is -0.828. The molecule has 1 aromatic carbocycles. The van der Waals surface area contributed by atoms with E-state index in [0.29, 0.717) is 11.7 Å². The van der Waals surface area contributed by atoms with E-state index >= 15 is 0 Å². The van der Waals surface area contributed by atoms with Crippen LogP contribution in [-0.4, -0.2) is 15.8 Å². The summed E-state index contributed by atoms with van der Waals surface area (Å²) in [7, 11) is 0. The Hall–Kier alpha value is -1.72. The van der Waals surface area contributed by atoms with Crippen LogP contribution in [0.4, 0.5) is 0 Å². The van der Waals surface area contributed by atoms with Crippen LogP contribution in [0.1, 0.15) is 56.6 Å². The van der Waals surface area contributed by atoms with Crippen LogP contribution >= 0.6 is 0 Å². The van der Waals surface area contributed by atoms with Crippen molar-refractivity contribution in [3.63, 3.8) is 0 Å². The molecule has 3 atom stereocenters. The maximum atomic E-state index is 10.8. The molecule has 0 aliphatic heterocycles. The van der Waals surface area contributed by atoms with Crippen molar-refractivity contribution >= 4 is 0 Å². The molecule has 1 aromatic rings. The second kappa shape index (κ2) is 6.06. The quantitative estimate of drug-likeness (QED) is 0.652. The molecule has 0 radical (unpaired) electrons. The number of hydrogen-bond donors (Lipinski definition) is 2. The van der Waals surface area contributed by atoms with Gasteiger partial charge in [0.25, 0.3) is 0 Å². The molecule has 2 aliphatic rings. The number of aryl methyl sites for hydroxylation is 1. The van der Waals surface area contributed by atoms with E-state index in [1.54, 1.807) is 6.92 Å². The normalized spacial score (nSPS) is 32.2. The largest absolute Gasteiger partial charge is 0.508 e. The van der Waals surface area contributed by atoms with Crippen molar-refractivity contribution in [3.05, 3.63) is 42.0 Å². The average molecular weight is 310 g/mol. The highest BCUT2D eigenvalue weighted by Crippen LogP contribution is 2.55. The number of benzene rings is 1. The van der Waals surface area contributed by atoms with Gasteiger partial charge in [-0.15, -0.1) is 12.5 Å². The van der Waals surface area contributed by atoms with Crippen LogP contribution in [0, 0.1) is 17.8 Å². The van der Waals surface area contributed by atoms with Gasteiger partial charge in [-0.05, 0) is 86.5 Å². The van der Waals surface area contributed by atoms with Gasteiger partial charge >= 0.3 is 0 Å². The number of hydrogen-bond acceptors (Lipinski definition) is 2. The standard InChI is InChI=1S/C21H26O2/c1-3-5-11-21-13-12-20(23,10-4-2)15-17(21)7-6-16-14-18(22)8-9-19(16)21/h3,8-9,14,17,22-23H,1,5-7,11-13,15H2,2H3/t17-,20-,21-/m1/s1. The van der Waals surface area contributed by atoms with Crippen molar-refractivity contribution in [2.45, 2.75) is 62.9 Å². The molecule has 2 nitrogen and oxygen atoms in total. The van der Waals surface area contributed by atoms with Crippen molar-refractivity contribution in [2.24, 2.45) is 5.92 Å². The Bertz CT molecular complexity index is 666. The molecule has 0 amide bonds. The zero-order valence-corrected chi connectivity index (χ0v) is 13.9. The van der Waals surface area contributed by atoms with Crippen LogP contribution in [0.15, 0.2) is 30.9 Å². The number of rotatable bonds is 3. The van der Waals surface area contributed by atoms with Gasteiger partial charge < -0.3 is 10.2 Å². The van der Waals surface area contributed by atoms with Gasteiger partial charge in [0.15, 0.2) is 0 Å². The number of aromatic hydroxyl groups is 1. The second-order valence-corrected chi connectivity index (χ2v) is 7.17. The summed E-state index contributed by atoms with van der Waals surface area (Å²) in [5.74, 6) is 6.75. The first-order valence-corrected chi connectivity index (χ1v) is 8.62. The Morgan fingerprint density at radius 2 is 2.22 bits per heavy atom. The molecule has 0 unspecified atom stereocenters. The highest BCUT2D eigenvalue weighted by molar-refractivity contribution is 5.43. The van der Waals surface area contributed by atoms with Crippen molar-refractivity contribution in [2.75, 3.05) is 0 Å². The van der Waals surface area contributed by atoms with E-state index in [1.807, 2.05) is 18.2 Å². The molecule has 1 fully saturated rings. The van der Waals surface area contributed by atoms with Crippen molar-refractivity contribution in [3.8, 4) is 17.6 Å². The lowest BCUT2D eigenvalue weighted by atomic mass is 9.53. The van der Waals surface area contributed by atoms with Crippen molar-refractivity contribution in [1.29, 1.82) is 0 Å². The smallest absolute Gasteiger partial charge is 0.125 e. The van der Waals surface area contributed by atoms with E-state index in [0.717, 1.165) is 44.9 Å². The van der Waals surface area contributed by atoms with E-state index in [2.05, 4.69) is 24.5 Å². The van der Waals surface area contributed by atoms with Gasteiger partial charge in [-0.2, -0.15) is 0 Å². The third-order valence-electron chi connectivity index (χ3n) is 5.89. The minimum absolute atomic E-state index is 0.0944. The molecule has 3 rings (SSSR count). The first kappa shape index (κ1) is 16.1. The topological polar surface area (TPSA) is 40.5 Å². The van der Waals surface area contributed by atoms with Gasteiger partial charge in [-0.3, -0.25) is 0 Å². The Balaban J connectivity index is 2.02. The summed E-state index contributed by atoms with van der Waals surface area (Å²) in [5, 5.41) is 20.6. The van der Waals surface area contributed by atoms with E-state index in [1.165, 1.54) is 11.1 Å². The summed E-state index contributed by atoms with van der Waals surface area (Å²) < 4.78 is 0. The first-order valence-electron chi connectivity index (χ1n) is 8.62. The monoisotopic (exact) mass is 310 g/mol. The molecule has 0 heterocycles. The van der Waals surface area contributed by atoms with Crippen molar-refractivity contribution < 1.29 is 10.2 Å². The molecule has 0 bridgehead atoms. The number of fused-ring (bicyclic) bond motifs is 3. The lowest BCUT2D eigenvalue weighted by molar-refractivity contribution is -0.0104. The first-order chi connectivity index (χ1) is 11.0. The highest BCUT2D eigenvalue weighted by Gasteiger charge is 2.50. The molecule has 23 heavy (non-hydrogen) atoms. The van der Waals surface area contributed by atoms with E-state index < -0.39 is 5.60 Å². The number of phenols is 1. The summed E-state index contributed by atoms with van der Waals surface area (Å²) in [5.41, 5.74) is 1.92. The van der Waals surface area contributed by atoms with Gasteiger partial charge in [0.2, 0.25) is 0 Å². The summed E-state index contributed by atoms with van der Waals surface area (Å²) in [6.07, 6.45) is 8.50. The predicted molar refractivity (Wildman–Crippen MR) is 93.3 cm³/mol. The predicted octanol–water partition coefficient (Wildman–Crippen LogP) is 4.10. The van der Waals surface area contributed by atoms with E-state index in [4.69, 9.17) is 0 Å². The molecule has 122 valence electrons. The van der Waals surface area contributed by atoms with Crippen LogP contribution in [0.3, 0.4) is 0 Å². The Kier molecular flexibility index (Phi) is 4.25. The fourth-order valence-corrected chi connectivity index (χ4v) is 4.84. The van der Waals surface area contributed by atoms with Crippen LogP contribution in [0.25, 0.3) is 0 Å². The van der Waals surface area contributed by atoms with Crippen molar-refractivity contribution in [1.82, 2.24) is 0 Å². The summed E-state index contributed by atoms with van der Waals surface area (Å²) in [6, 6.07) is 5.84. The maximum absolute atomic E-state index is 10.8. The van der Waals surface area contributed by atoms with Gasteiger partial charge in [0.1, 0.15) is 11.4 Å². The highest BCUT2D eigenvalue weighted by atomic mass is 16.3. The molecule has 1 saturated carbocycles. The third-order valence-corrected chi connectivity index (χ3v) is 5.89. The molecular formula is C21H26O2. The second-order valence-electron chi connectivity index (χ2n) is 7.17. The zero-order valence-electron chi connectivity index (χ0n) is 13.9. The number of allylic oxidation sites excluding steroid dienone is 1. The Morgan fingerprint density at radius 3 is 2.96 bits per heavy atom. The molecule has 0 aromatic heterocycles. The van der Waals surface area contributed by atoms with Crippen LogP contribution in [0.5, 0.6) is 5.75 Å². The molecule has 0 spiro atoms. The molecular weight excluding hydrogens is 284 g/mol. The maximum Gasteiger partial charge on any atom is 0.125 e. The van der Waals surface area contributed by atoms with Crippen LogP contribution in [-0.2, 0) is 11.8 Å². The fourth-order valence-electron chi connectivity index (χ4n) is 4.84. The minimum Gasteiger partial charge on any atom is -0.508 e. The van der Waals surface area contributed by atoms with Crippen LogP contribution in [0.2, 0.25) is 0 Å². The molecule has 2 heteroatoms. The molecule has 0 saturated heterocycles. The molecule has 2 aliphatic carbocycles. The van der Waals surface area contributed by atoms with Gasteiger partial charge in [0, 0.05) is 0 Å². The Morgan fingerprint density at radius 1 is 1.39 bits per heavy atom. The number of phenolic OH excluding ortho intramolecular Hbond substituents is 1. The van der Waals surface area contributed by atoms with Crippen LogP contribution < -0.4 is 0 Å². The third kappa shape index (κ3) is 2.79. The SMILES string of the molecule is C=CCC[C@@]12CC[C@](O)(C#CC)C[C@H]1CCc1cc(O)ccc12. The average Bonchev–Trinajstić information content (AvgIpc) is 2.53. The zero-order chi connectivity index (χ0) is 16.5. The van der Waals surface area contributed by atoms with E-state index in [-0.39, 0.29) is 5.41 Å². The van der Waals surface area contributed by atoms with Gasteiger partial charge in [0.05, 0.1) is 0 Å². The summed E-state index contributed by atoms with van der Waals surface area (Å²) in [4.78, 5) is 0. The van der Waals surface area contributed by atoms with Gasteiger partial charge in [-0.1, -0.05) is 18.1 Å². The lowest BCUT2D eigenvalue weighted by Crippen LogP contribution is -2.49. The summed E-state index contributed by atoms with van der Waals surface area (Å²) in [6.45, 7) is 5.70. The fraction of sp³-hybridized carbons (Fsp3) is 0.524. The summed E-state index contributed by atoms with van der Waals surface area (Å²) >= 11 is 0.